The van der Waals surface area contributed by atoms with Gasteiger partial charge < -0.3 is 5.11 Å². The molecule has 1 saturated heterocycles. The zero-order chi connectivity index (χ0) is 28.7. The van der Waals surface area contributed by atoms with Crippen LogP contribution in [0.4, 0.5) is 8.78 Å². The number of carbonyl (C=O) groups excluding carboxylic acids is 2. The van der Waals surface area contributed by atoms with Crippen molar-refractivity contribution in [3.63, 3.8) is 0 Å². The van der Waals surface area contributed by atoms with Crippen LogP contribution in [-0.4, -0.2) is 56.9 Å². The highest BCUT2D eigenvalue weighted by molar-refractivity contribution is 8.14. The Hall–Kier alpha value is -2.09. The lowest BCUT2D eigenvalue weighted by Crippen LogP contribution is -2.70. The molecule has 0 radical (unpaired) electrons. The van der Waals surface area contributed by atoms with Gasteiger partial charge in [-0.05, 0) is 67.5 Å². The maximum Gasteiger partial charge on any atom is 0.224 e. The Morgan fingerprint density at radius 3 is 2.70 bits per heavy atom. The second kappa shape index (κ2) is 9.47. The third-order valence-electron chi connectivity index (χ3n) is 10.5. The van der Waals surface area contributed by atoms with Crippen LogP contribution in [0.1, 0.15) is 38.7 Å². The number of aliphatic hydroxyl groups is 1. The minimum absolute atomic E-state index is 0.0643. The van der Waals surface area contributed by atoms with E-state index < -0.39 is 52.0 Å². The van der Waals surface area contributed by atoms with Crippen molar-refractivity contribution >= 4 is 34.3 Å². The fourth-order valence-electron chi connectivity index (χ4n) is 8.75. The molecule has 9 atom stereocenters. The van der Waals surface area contributed by atoms with Gasteiger partial charge in [0.2, 0.25) is 5.12 Å². The standard InChI is InChI=1S/C30H31ClF2N2O4S/c1-27-8-7-20(36)12-23(27)24(32)13-22-21-11-18-16-35(15-17-3-5-19(31)6-4-17)39-30(18,26(38)40-10-9-34)28(21,2)14-25(37)29(22,27)33/h3-8,12,18,21-22,24-25,37H,10-11,13-16H2,1-2H3/t18-,21-,22-,24-,25-,27-,28-,29-,30-/m0/s1. The van der Waals surface area contributed by atoms with E-state index in [1.165, 1.54) is 18.2 Å². The summed E-state index contributed by atoms with van der Waals surface area (Å²) in [5.74, 6) is -2.16. The molecule has 0 spiro atoms. The van der Waals surface area contributed by atoms with Crippen molar-refractivity contribution in [2.45, 2.75) is 63.2 Å². The van der Waals surface area contributed by atoms with E-state index in [9.17, 15) is 20.0 Å². The van der Waals surface area contributed by atoms with E-state index in [-0.39, 0.29) is 35.2 Å². The number of thioether (sulfide) groups is 1. The molecule has 3 saturated carbocycles. The van der Waals surface area contributed by atoms with E-state index >= 15 is 8.78 Å². The number of fused-ring (bicyclic) bond motifs is 7. The first-order valence-electron chi connectivity index (χ1n) is 13.6. The number of carbonyl (C=O) groups is 2. The first kappa shape index (κ1) is 28.0. The molecular formula is C30H31ClF2N2O4S. The molecule has 0 bridgehead atoms. The smallest absolute Gasteiger partial charge is 0.224 e. The summed E-state index contributed by atoms with van der Waals surface area (Å²) in [5, 5.41) is 22.9. The van der Waals surface area contributed by atoms with Crippen molar-refractivity contribution in [1.82, 2.24) is 5.06 Å². The van der Waals surface area contributed by atoms with E-state index in [4.69, 9.17) is 16.4 Å². The number of ketones is 1. The van der Waals surface area contributed by atoms with Crippen LogP contribution in [0.25, 0.3) is 0 Å². The third-order valence-corrected chi connectivity index (χ3v) is 11.6. The Bertz CT molecular complexity index is 1370. The van der Waals surface area contributed by atoms with Gasteiger partial charge >= 0.3 is 0 Å². The molecule has 1 heterocycles. The molecule has 5 aliphatic rings. The molecule has 1 aliphatic heterocycles. The summed E-state index contributed by atoms with van der Waals surface area (Å²) >= 11 is 6.92. The Balaban J connectivity index is 1.40. The molecule has 0 amide bonds. The normalized spacial score (nSPS) is 43.8. The minimum atomic E-state index is -2.23. The summed E-state index contributed by atoms with van der Waals surface area (Å²) in [6, 6.07) is 9.32. The number of rotatable bonds is 4. The van der Waals surface area contributed by atoms with Crippen molar-refractivity contribution < 1.29 is 28.3 Å². The van der Waals surface area contributed by atoms with Crippen LogP contribution in [-0.2, 0) is 21.0 Å². The monoisotopic (exact) mass is 588 g/mol. The number of nitrogens with zero attached hydrogens (tertiary/aromatic N) is 2. The van der Waals surface area contributed by atoms with E-state index in [1.54, 1.807) is 24.1 Å². The molecule has 4 aliphatic carbocycles. The van der Waals surface area contributed by atoms with E-state index in [1.807, 2.05) is 25.1 Å². The van der Waals surface area contributed by atoms with Gasteiger partial charge in [-0.15, -0.1) is 0 Å². The summed E-state index contributed by atoms with van der Waals surface area (Å²) in [5.41, 5.74) is -5.14. The van der Waals surface area contributed by atoms with Crippen LogP contribution in [0.5, 0.6) is 0 Å². The van der Waals surface area contributed by atoms with Gasteiger partial charge in [0.25, 0.3) is 0 Å². The van der Waals surface area contributed by atoms with Gasteiger partial charge in [0, 0.05) is 40.8 Å². The molecule has 6 rings (SSSR count). The number of hydrogen-bond donors (Lipinski definition) is 1. The number of hydrogen-bond acceptors (Lipinski definition) is 7. The van der Waals surface area contributed by atoms with Crippen molar-refractivity contribution in [2.24, 2.45) is 28.6 Å². The highest BCUT2D eigenvalue weighted by Crippen LogP contribution is 2.73. The molecule has 1 N–H and O–H groups in total. The Morgan fingerprint density at radius 2 is 2.00 bits per heavy atom. The zero-order valence-corrected chi connectivity index (χ0v) is 23.9. The highest BCUT2D eigenvalue weighted by atomic mass is 35.5. The second-order valence-electron chi connectivity index (χ2n) is 12.3. The van der Waals surface area contributed by atoms with Gasteiger partial charge in [0.05, 0.1) is 17.9 Å². The summed E-state index contributed by atoms with van der Waals surface area (Å²) in [7, 11) is 0. The summed E-state index contributed by atoms with van der Waals surface area (Å²) in [4.78, 5) is 32.7. The van der Waals surface area contributed by atoms with Crippen LogP contribution < -0.4 is 0 Å². The zero-order valence-electron chi connectivity index (χ0n) is 22.3. The summed E-state index contributed by atoms with van der Waals surface area (Å²) in [6.07, 6.45) is 0.918. The highest BCUT2D eigenvalue weighted by Gasteiger charge is 2.79. The maximum absolute atomic E-state index is 17.5. The third kappa shape index (κ3) is 3.62. The minimum Gasteiger partial charge on any atom is -0.390 e. The van der Waals surface area contributed by atoms with E-state index in [2.05, 4.69) is 0 Å². The number of nitriles is 1. The predicted octanol–water partition coefficient (Wildman–Crippen LogP) is 5.15. The molecule has 0 unspecified atom stereocenters. The lowest BCUT2D eigenvalue weighted by molar-refractivity contribution is -0.266. The first-order valence-corrected chi connectivity index (χ1v) is 15.0. The van der Waals surface area contributed by atoms with Crippen molar-refractivity contribution in [3.8, 4) is 6.07 Å². The Labute approximate surface area is 241 Å². The average molecular weight is 589 g/mol. The predicted molar refractivity (Wildman–Crippen MR) is 146 cm³/mol. The van der Waals surface area contributed by atoms with Gasteiger partial charge in [-0.2, -0.15) is 10.3 Å². The van der Waals surface area contributed by atoms with Gasteiger partial charge in [0.1, 0.15) is 6.17 Å². The Morgan fingerprint density at radius 1 is 1.27 bits per heavy atom. The lowest BCUT2D eigenvalue weighted by Gasteiger charge is -2.63. The maximum atomic E-state index is 17.5. The van der Waals surface area contributed by atoms with Crippen molar-refractivity contribution in [1.29, 1.82) is 5.26 Å². The topological polar surface area (TPSA) is 90.6 Å². The quantitative estimate of drug-likeness (QED) is 0.520. The van der Waals surface area contributed by atoms with Crippen molar-refractivity contribution in [2.75, 3.05) is 12.3 Å². The van der Waals surface area contributed by atoms with Crippen LogP contribution in [0.2, 0.25) is 5.02 Å². The fourth-order valence-corrected chi connectivity index (χ4v) is 9.73. The van der Waals surface area contributed by atoms with Gasteiger partial charge in [-0.25, -0.2) is 8.78 Å². The van der Waals surface area contributed by atoms with E-state index in [0.717, 1.165) is 17.3 Å². The SMILES string of the molecule is C[C@]12C=CC(=O)C=C1[C@@H](F)C[C@H]1[C@@H]3C[C@H]4CN(Cc5ccc(Cl)cc5)O[C@@]4(C(=O)SCC#N)[C@@]3(C)C[C@H](O)[C@@]12F. The molecule has 10 heteroatoms. The molecule has 1 aromatic carbocycles. The second-order valence-corrected chi connectivity index (χ2v) is 13.7. The van der Waals surface area contributed by atoms with Crippen LogP contribution in [0.15, 0.2) is 48.1 Å². The van der Waals surface area contributed by atoms with Gasteiger partial charge in [0.15, 0.2) is 17.1 Å². The number of benzene rings is 1. The molecular weight excluding hydrogens is 558 g/mol. The number of allylic oxidation sites excluding steroid dienone is 4. The Kier molecular flexibility index (Phi) is 6.64. The van der Waals surface area contributed by atoms with E-state index in [0.29, 0.717) is 24.5 Å². The number of halogens is 3. The number of aliphatic hydroxyl groups excluding tert-OH is 1. The average Bonchev–Trinajstić information content (AvgIpc) is 3.39. The van der Waals surface area contributed by atoms with Gasteiger partial charge in [-0.3, -0.25) is 14.4 Å². The van der Waals surface area contributed by atoms with Crippen LogP contribution >= 0.6 is 23.4 Å². The summed E-state index contributed by atoms with van der Waals surface area (Å²) < 4.78 is 33.3. The van der Waals surface area contributed by atoms with Crippen LogP contribution in [0, 0.1) is 39.9 Å². The largest absolute Gasteiger partial charge is 0.390 e. The molecule has 212 valence electrons. The molecule has 0 aromatic heterocycles. The van der Waals surface area contributed by atoms with Crippen LogP contribution in [0.3, 0.4) is 0 Å². The molecule has 4 fully saturated rings. The number of hydroxylamine groups is 2. The van der Waals surface area contributed by atoms with Gasteiger partial charge in [-0.1, -0.05) is 48.5 Å². The molecule has 6 nitrogen and oxygen atoms in total. The fraction of sp³-hybridized carbons (Fsp3) is 0.567. The summed E-state index contributed by atoms with van der Waals surface area (Å²) in [6.45, 7) is 4.21. The van der Waals surface area contributed by atoms with Crippen molar-refractivity contribution in [3.05, 3.63) is 58.7 Å². The number of alkyl halides is 2. The molecule has 40 heavy (non-hydrogen) atoms. The molecule has 1 aromatic rings. The first-order chi connectivity index (χ1) is 18.9. The lowest BCUT2D eigenvalue weighted by atomic mass is 9.44.